The predicted octanol–water partition coefficient (Wildman–Crippen LogP) is 3.86. The van der Waals surface area contributed by atoms with Crippen molar-refractivity contribution in [3.05, 3.63) is 71.8 Å². The monoisotopic (exact) mass is 356 g/mol. The second-order valence-corrected chi connectivity index (χ2v) is 8.67. The van der Waals surface area contributed by atoms with Crippen molar-refractivity contribution in [1.29, 1.82) is 0 Å². The Balaban J connectivity index is 2.25. The third kappa shape index (κ3) is 2.78. The van der Waals surface area contributed by atoms with Crippen LogP contribution in [-0.2, 0) is 19.4 Å². The Labute approximate surface area is 148 Å². The fraction of sp³-hybridized carbons (Fsp3) is 0.250. The maximum absolute atomic E-state index is 13.0. The van der Waals surface area contributed by atoms with Crippen LogP contribution < -0.4 is 0 Å². The van der Waals surface area contributed by atoms with Gasteiger partial charge in [-0.2, -0.15) is 0 Å². The van der Waals surface area contributed by atoms with Crippen LogP contribution in [0, 0.1) is 0 Å². The molecule has 2 aromatic carbocycles. The molecule has 0 atom stereocenters. The Morgan fingerprint density at radius 2 is 1.44 bits per heavy atom. The van der Waals surface area contributed by atoms with Crippen molar-refractivity contribution in [3.63, 3.8) is 0 Å². The molecule has 0 spiro atoms. The SMILES string of the molecule is C=C(C)C(=O)OC(C)(C)C1c2ccccc2S(=O)(=O)c2ccccc21. The van der Waals surface area contributed by atoms with Crippen LogP contribution in [-0.4, -0.2) is 20.0 Å². The fourth-order valence-corrected chi connectivity index (χ4v) is 5.09. The second-order valence-electron chi connectivity index (χ2n) is 6.79. The van der Waals surface area contributed by atoms with Gasteiger partial charge in [-0.3, -0.25) is 0 Å². The minimum Gasteiger partial charge on any atom is -0.455 e. The Kier molecular flexibility index (Phi) is 4.07. The van der Waals surface area contributed by atoms with Crippen LogP contribution in [0.3, 0.4) is 0 Å². The van der Waals surface area contributed by atoms with Gasteiger partial charge in [-0.25, -0.2) is 13.2 Å². The van der Waals surface area contributed by atoms with E-state index in [0.717, 1.165) is 0 Å². The van der Waals surface area contributed by atoms with Crippen LogP contribution in [0.2, 0.25) is 0 Å². The molecule has 1 aliphatic heterocycles. The fourth-order valence-electron chi connectivity index (χ4n) is 3.35. The van der Waals surface area contributed by atoms with Crippen molar-refractivity contribution in [2.24, 2.45) is 0 Å². The van der Waals surface area contributed by atoms with E-state index in [9.17, 15) is 13.2 Å². The number of esters is 1. The van der Waals surface area contributed by atoms with Gasteiger partial charge in [-0.1, -0.05) is 43.0 Å². The third-order valence-corrected chi connectivity index (χ3v) is 6.34. The molecule has 0 aliphatic carbocycles. The number of benzene rings is 2. The standard InChI is InChI=1S/C20H20O4S/c1-13(2)19(21)24-20(3,4)18-14-9-5-7-11-16(14)25(22,23)17-12-8-6-10-15(17)18/h5-12,18H,1H2,2-4H3. The molecular weight excluding hydrogens is 336 g/mol. The lowest BCUT2D eigenvalue weighted by Gasteiger charge is -2.38. The Hall–Kier alpha value is -2.40. The first-order valence-corrected chi connectivity index (χ1v) is 9.46. The van der Waals surface area contributed by atoms with Crippen LogP contribution in [0.5, 0.6) is 0 Å². The molecule has 0 saturated carbocycles. The van der Waals surface area contributed by atoms with E-state index >= 15 is 0 Å². The largest absolute Gasteiger partial charge is 0.455 e. The van der Waals surface area contributed by atoms with E-state index in [-0.39, 0.29) is 9.79 Å². The van der Waals surface area contributed by atoms with Crippen molar-refractivity contribution in [2.45, 2.75) is 42.1 Å². The van der Waals surface area contributed by atoms with Crippen molar-refractivity contribution in [1.82, 2.24) is 0 Å². The van der Waals surface area contributed by atoms with Gasteiger partial charge in [0.2, 0.25) is 9.84 Å². The summed E-state index contributed by atoms with van der Waals surface area (Å²) < 4.78 is 31.6. The number of hydrogen-bond donors (Lipinski definition) is 0. The normalized spacial score (nSPS) is 15.8. The van der Waals surface area contributed by atoms with E-state index < -0.39 is 27.3 Å². The molecule has 0 unspecified atom stereocenters. The van der Waals surface area contributed by atoms with E-state index in [2.05, 4.69) is 6.58 Å². The molecule has 1 heterocycles. The minimum absolute atomic E-state index is 0.262. The van der Waals surface area contributed by atoms with Crippen molar-refractivity contribution >= 4 is 15.8 Å². The van der Waals surface area contributed by atoms with Gasteiger partial charge in [-0.15, -0.1) is 0 Å². The molecule has 0 fully saturated rings. The molecule has 1 aliphatic rings. The molecular formula is C20H20O4S. The zero-order valence-electron chi connectivity index (χ0n) is 14.4. The topological polar surface area (TPSA) is 60.4 Å². The summed E-state index contributed by atoms with van der Waals surface area (Å²) in [6, 6.07) is 13.8. The molecule has 2 aromatic rings. The van der Waals surface area contributed by atoms with Gasteiger partial charge in [0, 0.05) is 5.57 Å². The molecule has 0 aromatic heterocycles. The average Bonchev–Trinajstić information content (AvgIpc) is 2.54. The van der Waals surface area contributed by atoms with Gasteiger partial charge in [0.1, 0.15) is 5.60 Å². The van der Waals surface area contributed by atoms with E-state index in [1.807, 2.05) is 0 Å². The lowest BCUT2D eigenvalue weighted by Crippen LogP contribution is -2.39. The molecule has 5 heteroatoms. The number of fused-ring (bicyclic) bond motifs is 2. The summed E-state index contributed by atoms with van der Waals surface area (Å²) in [6.07, 6.45) is 0. The average molecular weight is 356 g/mol. The molecule has 0 radical (unpaired) electrons. The number of carbonyl (C=O) groups excluding carboxylic acids is 1. The van der Waals surface area contributed by atoms with Crippen LogP contribution in [0.25, 0.3) is 0 Å². The van der Waals surface area contributed by atoms with Crippen LogP contribution in [0.4, 0.5) is 0 Å². The summed E-state index contributed by atoms with van der Waals surface area (Å²) in [4.78, 5) is 12.6. The van der Waals surface area contributed by atoms with Gasteiger partial charge in [0.15, 0.2) is 0 Å². The van der Waals surface area contributed by atoms with Gasteiger partial charge >= 0.3 is 5.97 Å². The molecule has 4 nitrogen and oxygen atoms in total. The molecule has 0 bridgehead atoms. The maximum Gasteiger partial charge on any atom is 0.333 e. The molecule has 3 rings (SSSR count). The van der Waals surface area contributed by atoms with Gasteiger partial charge < -0.3 is 4.74 Å². The van der Waals surface area contributed by atoms with Crippen molar-refractivity contribution < 1.29 is 17.9 Å². The first-order valence-electron chi connectivity index (χ1n) is 7.98. The highest BCUT2D eigenvalue weighted by Gasteiger charge is 2.44. The molecule has 0 amide bonds. The Bertz CT molecular complexity index is 917. The van der Waals surface area contributed by atoms with Crippen molar-refractivity contribution in [2.75, 3.05) is 0 Å². The van der Waals surface area contributed by atoms with Crippen LogP contribution >= 0.6 is 0 Å². The summed E-state index contributed by atoms with van der Waals surface area (Å²) in [6.45, 7) is 8.81. The lowest BCUT2D eigenvalue weighted by atomic mass is 9.79. The summed E-state index contributed by atoms with van der Waals surface area (Å²) in [5, 5.41) is 0. The molecule has 25 heavy (non-hydrogen) atoms. The number of hydrogen-bond acceptors (Lipinski definition) is 4. The molecule has 130 valence electrons. The van der Waals surface area contributed by atoms with Crippen molar-refractivity contribution in [3.8, 4) is 0 Å². The number of carbonyl (C=O) groups is 1. The van der Waals surface area contributed by atoms with Gasteiger partial charge in [-0.05, 0) is 44.0 Å². The quantitative estimate of drug-likeness (QED) is 0.619. The highest BCUT2D eigenvalue weighted by molar-refractivity contribution is 7.91. The molecule has 0 saturated heterocycles. The minimum atomic E-state index is -3.60. The van der Waals surface area contributed by atoms with Crippen LogP contribution in [0.15, 0.2) is 70.5 Å². The highest BCUT2D eigenvalue weighted by Crippen LogP contribution is 2.47. The van der Waals surface area contributed by atoms with Crippen LogP contribution in [0.1, 0.15) is 37.8 Å². The number of ether oxygens (including phenoxy) is 1. The Morgan fingerprint density at radius 1 is 1.00 bits per heavy atom. The third-order valence-electron chi connectivity index (χ3n) is 4.44. The van der Waals surface area contributed by atoms with E-state index in [1.165, 1.54) is 0 Å². The summed E-state index contributed by atoms with van der Waals surface area (Å²) in [7, 11) is -3.60. The summed E-state index contributed by atoms with van der Waals surface area (Å²) in [5.41, 5.74) is 0.637. The first-order chi connectivity index (χ1) is 11.7. The predicted molar refractivity (Wildman–Crippen MR) is 95.2 cm³/mol. The maximum atomic E-state index is 13.0. The molecule has 0 N–H and O–H groups in total. The summed E-state index contributed by atoms with van der Waals surface area (Å²) >= 11 is 0. The van der Waals surface area contributed by atoms with E-state index in [0.29, 0.717) is 16.7 Å². The zero-order chi connectivity index (χ0) is 18.4. The first kappa shape index (κ1) is 17.4. The lowest BCUT2D eigenvalue weighted by molar-refractivity contribution is -0.152. The smallest absolute Gasteiger partial charge is 0.333 e. The summed E-state index contributed by atoms with van der Waals surface area (Å²) in [5.74, 6) is -0.889. The number of rotatable bonds is 3. The van der Waals surface area contributed by atoms with Gasteiger partial charge in [0.05, 0.1) is 15.7 Å². The highest BCUT2D eigenvalue weighted by atomic mass is 32.2. The second kappa shape index (κ2) is 5.85. The Morgan fingerprint density at radius 3 is 1.88 bits per heavy atom. The van der Waals surface area contributed by atoms with E-state index in [1.54, 1.807) is 69.3 Å². The number of sulfone groups is 1. The van der Waals surface area contributed by atoms with Gasteiger partial charge in [0.25, 0.3) is 0 Å². The van der Waals surface area contributed by atoms with E-state index in [4.69, 9.17) is 4.74 Å². The zero-order valence-corrected chi connectivity index (χ0v) is 15.3.